The zero-order valence-electron chi connectivity index (χ0n) is 9.77. The molecule has 106 valence electrons. The van der Waals surface area contributed by atoms with Crippen LogP contribution in [-0.2, 0) is 9.59 Å². The number of carboxylic acids is 1. The predicted octanol–water partition coefficient (Wildman–Crippen LogP) is 1.72. The minimum absolute atomic E-state index is 0.0466. The number of nitrogens with two attached hydrogens (primary N) is 1. The summed E-state index contributed by atoms with van der Waals surface area (Å²) in [6, 6.07) is -0.703. The molecule has 0 aromatic rings. The van der Waals surface area contributed by atoms with Gasteiger partial charge in [0.05, 0.1) is 0 Å². The van der Waals surface area contributed by atoms with Crippen LogP contribution < -0.4 is 5.73 Å². The van der Waals surface area contributed by atoms with Crippen molar-refractivity contribution in [3.05, 3.63) is 11.3 Å². The molecule has 0 aromatic carbocycles. The van der Waals surface area contributed by atoms with E-state index in [1.165, 1.54) is 16.7 Å². The smallest absolute Gasteiger partial charge is 0.352 e. The highest BCUT2D eigenvalue weighted by atomic mass is 35.6. The highest BCUT2D eigenvalue weighted by Crippen LogP contribution is 2.47. The zero-order valence-corrected chi connectivity index (χ0v) is 12.9. The van der Waals surface area contributed by atoms with Crippen molar-refractivity contribution in [2.45, 2.75) is 33.8 Å². The van der Waals surface area contributed by atoms with E-state index in [1.807, 2.05) is 0 Å². The van der Waals surface area contributed by atoms with Gasteiger partial charge in [0.25, 0.3) is 0 Å². The molecule has 0 aliphatic carbocycles. The Labute approximate surface area is 129 Å². The number of carbonyl (C=O) groups excluding carboxylic acids is 1. The molecular weight excluding hydrogens is 335 g/mol. The summed E-state index contributed by atoms with van der Waals surface area (Å²) in [5.41, 5.74) is 6.15. The number of alkyl halides is 3. The first-order chi connectivity index (χ1) is 8.63. The molecule has 9 heteroatoms. The van der Waals surface area contributed by atoms with Crippen LogP contribution in [0.2, 0.25) is 0 Å². The van der Waals surface area contributed by atoms with Gasteiger partial charge in [-0.25, -0.2) is 4.79 Å². The summed E-state index contributed by atoms with van der Waals surface area (Å²) in [4.78, 5) is 24.2. The first-order valence-electron chi connectivity index (χ1n) is 5.38. The fourth-order valence-electron chi connectivity index (χ4n) is 2.17. The predicted molar refractivity (Wildman–Crippen MR) is 75.2 cm³/mol. The average molecular weight is 346 g/mol. The zero-order chi connectivity index (χ0) is 14.5. The van der Waals surface area contributed by atoms with Crippen LogP contribution >= 0.6 is 46.6 Å². The Hall–Kier alpha value is -0.140. The summed E-state index contributed by atoms with van der Waals surface area (Å²) >= 11 is 18.6. The molecule has 3 atom stereocenters. The Bertz CT molecular complexity index is 477. The molecular formula is C10H11Cl3N2O3S. The summed E-state index contributed by atoms with van der Waals surface area (Å²) < 4.78 is -1.48. The molecule has 2 aliphatic rings. The normalized spacial score (nSPS) is 31.1. The lowest BCUT2D eigenvalue weighted by Gasteiger charge is -2.50. The number of fused-ring (bicyclic) bond motifs is 1. The van der Waals surface area contributed by atoms with Crippen LogP contribution in [0.5, 0.6) is 0 Å². The molecule has 0 spiro atoms. The summed E-state index contributed by atoms with van der Waals surface area (Å²) in [6.07, 6.45) is 0.163. The SMILES string of the molecule is CC1=C(C(=O)O)N2C(=O)C(N)[C@H]2SC1CC(Cl)(Cl)Cl. The minimum atomic E-state index is -1.48. The Morgan fingerprint density at radius 2 is 2.11 bits per heavy atom. The van der Waals surface area contributed by atoms with Gasteiger partial charge < -0.3 is 10.8 Å². The lowest BCUT2D eigenvalue weighted by atomic mass is 10.0. The van der Waals surface area contributed by atoms with Gasteiger partial charge in [0.15, 0.2) is 3.79 Å². The van der Waals surface area contributed by atoms with Crippen LogP contribution in [0.3, 0.4) is 0 Å². The Morgan fingerprint density at radius 1 is 1.53 bits per heavy atom. The third kappa shape index (κ3) is 2.69. The first kappa shape index (κ1) is 15.3. The summed E-state index contributed by atoms with van der Waals surface area (Å²) in [6.45, 7) is 1.63. The first-order valence-corrected chi connectivity index (χ1v) is 7.46. The largest absolute Gasteiger partial charge is 0.477 e. The van der Waals surface area contributed by atoms with Crippen LogP contribution in [0, 0.1) is 0 Å². The number of hydrogen-bond donors (Lipinski definition) is 2. The fraction of sp³-hybridized carbons (Fsp3) is 0.600. The topological polar surface area (TPSA) is 83.6 Å². The second-order valence-corrected chi connectivity index (χ2v) is 8.25. The number of nitrogens with zero attached hydrogens (tertiary/aromatic N) is 1. The number of carboxylic acid groups (broad SMARTS) is 1. The van der Waals surface area contributed by atoms with Gasteiger partial charge in [-0.15, -0.1) is 11.8 Å². The molecule has 0 bridgehead atoms. The molecule has 2 aliphatic heterocycles. The summed E-state index contributed by atoms with van der Waals surface area (Å²) in [5, 5.41) is 8.55. The quantitative estimate of drug-likeness (QED) is 0.588. The van der Waals surface area contributed by atoms with Crippen molar-refractivity contribution < 1.29 is 14.7 Å². The molecule has 19 heavy (non-hydrogen) atoms. The van der Waals surface area contributed by atoms with E-state index < -0.39 is 21.2 Å². The number of aliphatic carboxylic acids is 1. The van der Waals surface area contributed by atoms with Crippen LogP contribution in [0.25, 0.3) is 0 Å². The van der Waals surface area contributed by atoms with E-state index in [2.05, 4.69) is 0 Å². The van der Waals surface area contributed by atoms with E-state index >= 15 is 0 Å². The number of rotatable bonds is 2. The van der Waals surface area contributed by atoms with Gasteiger partial charge in [0.2, 0.25) is 5.91 Å². The van der Waals surface area contributed by atoms with E-state index in [0.29, 0.717) is 5.57 Å². The molecule has 0 aromatic heterocycles. The van der Waals surface area contributed by atoms with Crippen molar-refractivity contribution in [1.29, 1.82) is 0 Å². The van der Waals surface area contributed by atoms with Crippen LogP contribution in [0.15, 0.2) is 11.3 Å². The number of halogens is 3. The molecule has 5 nitrogen and oxygen atoms in total. The highest BCUT2D eigenvalue weighted by Gasteiger charge is 2.53. The third-order valence-electron chi connectivity index (χ3n) is 3.10. The summed E-state index contributed by atoms with van der Waals surface area (Å²) in [5.74, 6) is -1.56. The van der Waals surface area contributed by atoms with Gasteiger partial charge in [-0.3, -0.25) is 9.69 Å². The Balaban J connectivity index is 2.36. The molecule has 2 heterocycles. The average Bonchev–Trinajstić information content (AvgIpc) is 2.28. The minimum Gasteiger partial charge on any atom is -0.477 e. The van der Waals surface area contributed by atoms with Crippen molar-refractivity contribution in [1.82, 2.24) is 4.90 Å². The van der Waals surface area contributed by atoms with Crippen molar-refractivity contribution in [2.75, 3.05) is 0 Å². The van der Waals surface area contributed by atoms with Gasteiger partial charge in [-0.05, 0) is 12.5 Å². The second-order valence-electron chi connectivity index (χ2n) is 4.41. The van der Waals surface area contributed by atoms with Gasteiger partial charge in [0, 0.05) is 11.7 Å². The van der Waals surface area contributed by atoms with Gasteiger partial charge in [-0.1, -0.05) is 34.8 Å². The summed E-state index contributed by atoms with van der Waals surface area (Å²) in [7, 11) is 0. The number of hydrogen-bond acceptors (Lipinski definition) is 4. The van der Waals surface area contributed by atoms with Gasteiger partial charge in [0.1, 0.15) is 17.1 Å². The molecule has 1 saturated heterocycles. The van der Waals surface area contributed by atoms with Crippen LogP contribution in [-0.4, -0.2) is 42.3 Å². The Kier molecular flexibility index (Phi) is 4.02. The lowest BCUT2D eigenvalue weighted by Crippen LogP contribution is -2.69. The molecule has 1 amide bonds. The van der Waals surface area contributed by atoms with E-state index in [1.54, 1.807) is 6.92 Å². The van der Waals surface area contributed by atoms with Crippen LogP contribution in [0.4, 0.5) is 0 Å². The second kappa shape index (κ2) is 5.00. The molecule has 1 fully saturated rings. The number of thioether (sulfide) groups is 1. The maximum absolute atomic E-state index is 11.7. The van der Waals surface area contributed by atoms with Crippen molar-refractivity contribution in [3.63, 3.8) is 0 Å². The van der Waals surface area contributed by atoms with Crippen molar-refractivity contribution in [2.24, 2.45) is 5.73 Å². The van der Waals surface area contributed by atoms with E-state index in [4.69, 9.17) is 40.5 Å². The maximum Gasteiger partial charge on any atom is 0.352 e. The van der Waals surface area contributed by atoms with E-state index in [-0.39, 0.29) is 23.3 Å². The van der Waals surface area contributed by atoms with Gasteiger partial charge >= 0.3 is 5.97 Å². The highest BCUT2D eigenvalue weighted by molar-refractivity contribution is 8.00. The standard InChI is InChI=1S/C10H11Cl3N2O3S/c1-3-4(2-10(11,12)13)19-8-5(14)7(16)15(8)6(3)9(17)18/h4-5,8H,2,14H2,1H3,(H,17,18)/t4?,5?,8-/m1/s1. The molecule has 0 saturated carbocycles. The Morgan fingerprint density at radius 3 is 2.58 bits per heavy atom. The third-order valence-corrected chi connectivity index (χ3v) is 5.20. The lowest BCUT2D eigenvalue weighted by molar-refractivity contribution is -0.148. The number of amides is 1. The molecule has 2 rings (SSSR count). The van der Waals surface area contributed by atoms with Gasteiger partial charge in [-0.2, -0.15) is 0 Å². The van der Waals surface area contributed by atoms with Crippen molar-refractivity contribution in [3.8, 4) is 0 Å². The van der Waals surface area contributed by atoms with E-state index in [9.17, 15) is 14.7 Å². The molecule has 3 N–H and O–H groups in total. The van der Waals surface area contributed by atoms with E-state index in [0.717, 1.165) is 0 Å². The number of β-lactam (4-membered cyclic amide) rings is 1. The van der Waals surface area contributed by atoms with Crippen LogP contribution in [0.1, 0.15) is 13.3 Å². The number of carbonyl (C=O) groups is 2. The molecule has 2 unspecified atom stereocenters. The van der Waals surface area contributed by atoms with Crippen molar-refractivity contribution >= 4 is 58.4 Å². The molecule has 0 radical (unpaired) electrons. The monoisotopic (exact) mass is 344 g/mol. The fourth-order valence-corrected chi connectivity index (χ4v) is 4.52. The maximum atomic E-state index is 11.7.